The molecule has 0 aromatic rings. The van der Waals surface area contributed by atoms with Gasteiger partial charge < -0.3 is 0 Å². The fraction of sp³-hybridized carbons (Fsp3) is 1.00. The average molecular weight is 161 g/mol. The minimum atomic E-state index is -1.82. The van der Waals surface area contributed by atoms with Gasteiger partial charge in [-0.05, 0) is 6.55 Å². The van der Waals surface area contributed by atoms with Gasteiger partial charge in [-0.25, -0.2) is 0 Å². The standard InChI is InChI=1S/C2H6Cl2SSi/c1-6(3,4)2-5/h5H,2H2,1H3. The molecule has 0 heterocycles. The molecular formula is C2H6Cl2SSi. The van der Waals surface area contributed by atoms with Gasteiger partial charge in [-0.1, -0.05) is 0 Å². The van der Waals surface area contributed by atoms with Gasteiger partial charge in [0.05, 0.1) is 0 Å². The molecule has 4 heteroatoms. The van der Waals surface area contributed by atoms with Gasteiger partial charge in [-0.3, -0.25) is 0 Å². The highest BCUT2D eigenvalue weighted by atomic mass is 35.7. The van der Waals surface area contributed by atoms with Crippen molar-refractivity contribution in [2.45, 2.75) is 6.55 Å². The summed E-state index contributed by atoms with van der Waals surface area (Å²) in [5.74, 6) is 0. The van der Waals surface area contributed by atoms with Gasteiger partial charge in [0.15, 0.2) is 0 Å². The minimum Gasteiger partial charge on any atom is -0.180 e. The van der Waals surface area contributed by atoms with E-state index in [0.29, 0.717) is 5.38 Å². The maximum Gasteiger partial charge on any atom is 0.257 e. The summed E-state index contributed by atoms with van der Waals surface area (Å²) in [6.07, 6.45) is 0. The minimum absolute atomic E-state index is 0.635. The maximum absolute atomic E-state index is 5.55. The molecule has 0 aromatic carbocycles. The van der Waals surface area contributed by atoms with Gasteiger partial charge in [0, 0.05) is 5.38 Å². The van der Waals surface area contributed by atoms with Crippen LogP contribution >= 0.6 is 34.8 Å². The van der Waals surface area contributed by atoms with Crippen LogP contribution in [0.2, 0.25) is 6.55 Å². The molecule has 0 spiro atoms. The van der Waals surface area contributed by atoms with E-state index >= 15 is 0 Å². The zero-order valence-corrected chi connectivity index (χ0v) is 6.82. The molecule has 0 amide bonds. The number of thiol groups is 1. The monoisotopic (exact) mass is 160 g/mol. The van der Waals surface area contributed by atoms with E-state index in [2.05, 4.69) is 12.6 Å². The first kappa shape index (κ1) is 7.15. The summed E-state index contributed by atoms with van der Waals surface area (Å²) in [5.41, 5.74) is 0. The van der Waals surface area contributed by atoms with Crippen LogP contribution in [-0.4, -0.2) is 12.1 Å². The summed E-state index contributed by atoms with van der Waals surface area (Å²) in [4.78, 5) is 0. The number of halogens is 2. The highest BCUT2D eigenvalue weighted by molar-refractivity contribution is 7.84. The third-order valence-corrected chi connectivity index (χ3v) is 4.65. The number of hydrogen-bond acceptors (Lipinski definition) is 1. The Kier molecular flexibility index (Phi) is 2.92. The Bertz CT molecular complexity index is 41.3. The van der Waals surface area contributed by atoms with E-state index in [0.717, 1.165) is 0 Å². The van der Waals surface area contributed by atoms with Gasteiger partial charge in [0.2, 0.25) is 0 Å². The third kappa shape index (κ3) is 5.15. The van der Waals surface area contributed by atoms with Crippen molar-refractivity contribution in [3.8, 4) is 0 Å². The predicted molar refractivity (Wildman–Crippen MR) is 37.2 cm³/mol. The summed E-state index contributed by atoms with van der Waals surface area (Å²) in [7, 11) is 0. The van der Waals surface area contributed by atoms with Crippen molar-refractivity contribution in [2.24, 2.45) is 0 Å². The van der Waals surface area contributed by atoms with Crippen LogP contribution in [0.15, 0.2) is 0 Å². The normalized spacial score (nSPS) is 12.0. The Balaban J connectivity index is 3.17. The molecule has 0 bridgehead atoms. The van der Waals surface area contributed by atoms with Crippen LogP contribution in [0.5, 0.6) is 0 Å². The van der Waals surface area contributed by atoms with E-state index in [-0.39, 0.29) is 0 Å². The molecule has 0 unspecified atom stereocenters. The smallest absolute Gasteiger partial charge is 0.180 e. The first-order valence-corrected chi connectivity index (χ1v) is 6.91. The lowest BCUT2D eigenvalue weighted by atomic mass is 11.9. The van der Waals surface area contributed by atoms with Crippen molar-refractivity contribution in [1.29, 1.82) is 0 Å². The van der Waals surface area contributed by atoms with Crippen LogP contribution in [0.1, 0.15) is 0 Å². The van der Waals surface area contributed by atoms with Gasteiger partial charge in [-0.2, -0.15) is 12.6 Å². The van der Waals surface area contributed by atoms with Crippen LogP contribution in [-0.2, 0) is 0 Å². The largest absolute Gasteiger partial charge is 0.257 e. The van der Waals surface area contributed by atoms with Crippen LogP contribution in [0, 0.1) is 0 Å². The van der Waals surface area contributed by atoms with Crippen molar-refractivity contribution in [3.63, 3.8) is 0 Å². The second-order valence-electron chi connectivity index (χ2n) is 1.23. The number of hydrogen-bond donors (Lipinski definition) is 1. The zero-order valence-electron chi connectivity index (χ0n) is 3.41. The van der Waals surface area contributed by atoms with Gasteiger partial charge in [0.25, 0.3) is 6.69 Å². The second-order valence-corrected chi connectivity index (χ2v) is 10.2. The fourth-order valence-electron chi connectivity index (χ4n) is 0. The quantitative estimate of drug-likeness (QED) is 0.339. The van der Waals surface area contributed by atoms with Gasteiger partial charge in [0.1, 0.15) is 0 Å². The van der Waals surface area contributed by atoms with E-state index in [4.69, 9.17) is 22.2 Å². The molecule has 6 heavy (non-hydrogen) atoms. The molecular weight excluding hydrogens is 155 g/mol. The third-order valence-electron chi connectivity index (χ3n) is 0.278. The van der Waals surface area contributed by atoms with Crippen LogP contribution < -0.4 is 0 Å². The molecule has 0 N–H and O–H groups in total. The van der Waals surface area contributed by atoms with Gasteiger partial charge in [-0.15, -0.1) is 22.2 Å². The Hall–Kier alpha value is 1.15. The van der Waals surface area contributed by atoms with Crippen LogP contribution in [0.25, 0.3) is 0 Å². The van der Waals surface area contributed by atoms with Crippen molar-refractivity contribution in [1.82, 2.24) is 0 Å². The highest BCUT2D eigenvalue weighted by Crippen LogP contribution is 2.13. The van der Waals surface area contributed by atoms with E-state index in [1.165, 1.54) is 0 Å². The van der Waals surface area contributed by atoms with Crippen molar-refractivity contribution in [2.75, 3.05) is 5.38 Å². The summed E-state index contributed by atoms with van der Waals surface area (Å²) < 4.78 is 0. The molecule has 38 valence electrons. The molecule has 0 fully saturated rings. The zero-order chi connectivity index (χ0) is 5.21. The SMILES string of the molecule is C[Si](Cl)(Cl)CS. The Labute approximate surface area is 53.7 Å². The van der Waals surface area contributed by atoms with Crippen molar-refractivity contribution in [3.05, 3.63) is 0 Å². The van der Waals surface area contributed by atoms with E-state index in [1.807, 2.05) is 6.55 Å². The van der Waals surface area contributed by atoms with E-state index in [1.54, 1.807) is 0 Å². The first-order valence-electron chi connectivity index (χ1n) is 1.55. The average Bonchev–Trinajstić information content (AvgIpc) is 1.35. The highest BCUT2D eigenvalue weighted by Gasteiger charge is 2.16. The fourth-order valence-corrected chi connectivity index (χ4v) is 0. The molecule has 0 saturated heterocycles. The van der Waals surface area contributed by atoms with Crippen molar-refractivity contribution < 1.29 is 0 Å². The van der Waals surface area contributed by atoms with Crippen molar-refractivity contribution >= 4 is 41.5 Å². The predicted octanol–water partition coefficient (Wildman–Crippen LogP) is 2.01. The molecule has 0 aliphatic rings. The summed E-state index contributed by atoms with van der Waals surface area (Å²) in [5, 5.41) is 0.635. The summed E-state index contributed by atoms with van der Waals surface area (Å²) in [6.45, 7) is 0.0139. The maximum atomic E-state index is 5.55. The Morgan fingerprint density at radius 2 is 1.83 bits per heavy atom. The topological polar surface area (TPSA) is 0 Å². The number of rotatable bonds is 1. The van der Waals surface area contributed by atoms with Crippen LogP contribution in [0.4, 0.5) is 0 Å². The van der Waals surface area contributed by atoms with E-state index < -0.39 is 6.69 Å². The molecule has 0 atom stereocenters. The Morgan fingerprint density at radius 1 is 1.67 bits per heavy atom. The lowest BCUT2D eigenvalue weighted by Gasteiger charge is -2.00. The lowest BCUT2D eigenvalue weighted by molar-refractivity contribution is 2.01. The molecule has 0 rings (SSSR count). The van der Waals surface area contributed by atoms with E-state index in [9.17, 15) is 0 Å². The molecule has 0 nitrogen and oxygen atoms in total. The molecule has 0 radical (unpaired) electrons. The molecule has 0 aliphatic carbocycles. The van der Waals surface area contributed by atoms with Crippen LogP contribution in [0.3, 0.4) is 0 Å². The molecule has 0 aromatic heterocycles. The van der Waals surface area contributed by atoms with Gasteiger partial charge >= 0.3 is 0 Å². The molecule has 0 saturated carbocycles. The summed E-state index contributed by atoms with van der Waals surface area (Å²) in [6, 6.07) is 0. The lowest BCUT2D eigenvalue weighted by Crippen LogP contribution is -2.14. The first-order chi connectivity index (χ1) is 2.56. The summed E-state index contributed by atoms with van der Waals surface area (Å²) >= 11 is 15.0. The second kappa shape index (κ2) is 2.45. The Morgan fingerprint density at radius 3 is 1.83 bits per heavy atom. The molecule has 0 aliphatic heterocycles.